The minimum Gasteiger partial charge on any atom is -0.327 e. The van der Waals surface area contributed by atoms with Gasteiger partial charge in [-0.05, 0) is 11.6 Å². The Morgan fingerprint density at radius 3 is 3.00 bits per heavy atom. The van der Waals surface area contributed by atoms with Gasteiger partial charge < -0.3 is 4.90 Å². The van der Waals surface area contributed by atoms with E-state index in [0.717, 1.165) is 11.3 Å². The number of hydrogen-bond acceptors (Lipinski definition) is 5. The first-order valence-corrected chi connectivity index (χ1v) is 7.49. The molecule has 1 aromatic carbocycles. The Morgan fingerprint density at radius 1 is 1.48 bits per heavy atom. The van der Waals surface area contributed by atoms with Crippen molar-refractivity contribution in [2.24, 2.45) is 0 Å². The first kappa shape index (κ1) is 13.6. The molecule has 6 nitrogen and oxygen atoms in total. The van der Waals surface area contributed by atoms with Gasteiger partial charge in [-0.1, -0.05) is 23.4 Å². The predicted octanol–water partition coefficient (Wildman–Crippen LogP) is 1.40. The van der Waals surface area contributed by atoms with Gasteiger partial charge in [-0.2, -0.15) is 5.26 Å². The standard InChI is InChI=1S/C14H13N5OS/c1-18-13(20)9-21-14(18)12-8-19(17-16-12)7-11-5-3-2-4-10(11)6-15/h2-5,8,14H,7,9H2,1H3/t14-/m1/s1. The molecule has 1 aromatic heterocycles. The van der Waals surface area contributed by atoms with Gasteiger partial charge in [-0.15, -0.1) is 16.9 Å². The van der Waals surface area contributed by atoms with E-state index < -0.39 is 0 Å². The van der Waals surface area contributed by atoms with Crippen LogP contribution in [0.25, 0.3) is 0 Å². The second-order valence-corrected chi connectivity index (χ2v) is 5.85. The van der Waals surface area contributed by atoms with Crippen LogP contribution >= 0.6 is 11.8 Å². The minimum absolute atomic E-state index is 0.0718. The third-order valence-corrected chi connectivity index (χ3v) is 4.68. The van der Waals surface area contributed by atoms with Crippen molar-refractivity contribution in [3.8, 4) is 6.07 Å². The van der Waals surface area contributed by atoms with Crippen molar-refractivity contribution in [1.82, 2.24) is 19.9 Å². The maximum Gasteiger partial charge on any atom is 0.233 e. The lowest BCUT2D eigenvalue weighted by Crippen LogP contribution is -2.23. The summed E-state index contributed by atoms with van der Waals surface area (Å²) in [4.78, 5) is 13.2. The summed E-state index contributed by atoms with van der Waals surface area (Å²) in [5, 5.41) is 17.3. The monoisotopic (exact) mass is 299 g/mol. The van der Waals surface area contributed by atoms with E-state index >= 15 is 0 Å². The number of hydrogen-bond donors (Lipinski definition) is 0. The molecular formula is C14H13N5OS. The maximum atomic E-state index is 11.6. The molecule has 0 spiro atoms. The molecule has 0 saturated carbocycles. The van der Waals surface area contributed by atoms with Crippen LogP contribution in [0.1, 0.15) is 22.2 Å². The fourth-order valence-electron chi connectivity index (χ4n) is 2.22. The molecule has 1 saturated heterocycles. The Bertz CT molecular complexity index is 720. The smallest absolute Gasteiger partial charge is 0.233 e. The quantitative estimate of drug-likeness (QED) is 0.856. The largest absolute Gasteiger partial charge is 0.327 e. The normalized spacial score (nSPS) is 18.0. The molecule has 0 N–H and O–H groups in total. The summed E-state index contributed by atoms with van der Waals surface area (Å²) in [6.07, 6.45) is 1.83. The molecule has 1 amide bonds. The van der Waals surface area contributed by atoms with Gasteiger partial charge in [0.2, 0.25) is 5.91 Å². The second kappa shape index (κ2) is 5.58. The van der Waals surface area contributed by atoms with Gasteiger partial charge in [0.1, 0.15) is 11.1 Å². The molecule has 3 rings (SSSR count). The third kappa shape index (κ3) is 2.62. The molecule has 0 unspecified atom stereocenters. The summed E-state index contributed by atoms with van der Waals surface area (Å²) in [5.74, 6) is 0.583. The molecular weight excluding hydrogens is 286 g/mol. The molecule has 21 heavy (non-hydrogen) atoms. The number of carbonyl (C=O) groups excluding carboxylic acids is 1. The van der Waals surface area contributed by atoms with Crippen LogP contribution in [0.2, 0.25) is 0 Å². The molecule has 1 fully saturated rings. The van der Waals surface area contributed by atoms with Crippen LogP contribution in [-0.2, 0) is 11.3 Å². The van der Waals surface area contributed by atoms with Crippen LogP contribution in [-0.4, -0.2) is 38.6 Å². The SMILES string of the molecule is CN1C(=O)CS[C@@H]1c1cn(Cc2ccccc2C#N)nn1. The Balaban J connectivity index is 1.80. The van der Waals surface area contributed by atoms with Gasteiger partial charge in [-0.25, -0.2) is 4.68 Å². The van der Waals surface area contributed by atoms with Crippen LogP contribution in [0.15, 0.2) is 30.5 Å². The molecule has 7 heteroatoms. The average molecular weight is 299 g/mol. The van der Waals surface area contributed by atoms with Crippen molar-refractivity contribution in [3.63, 3.8) is 0 Å². The predicted molar refractivity (Wildman–Crippen MR) is 78.3 cm³/mol. The Kier molecular flexibility index (Phi) is 3.62. The van der Waals surface area contributed by atoms with E-state index in [0.29, 0.717) is 17.9 Å². The van der Waals surface area contributed by atoms with Crippen molar-refractivity contribution < 1.29 is 4.79 Å². The molecule has 1 atom stereocenters. The van der Waals surface area contributed by atoms with Gasteiger partial charge in [0, 0.05) is 7.05 Å². The van der Waals surface area contributed by atoms with Crippen molar-refractivity contribution in [3.05, 3.63) is 47.3 Å². The highest BCUT2D eigenvalue weighted by Gasteiger charge is 2.31. The van der Waals surface area contributed by atoms with E-state index in [1.165, 1.54) is 0 Å². The van der Waals surface area contributed by atoms with Crippen LogP contribution in [0, 0.1) is 11.3 Å². The zero-order valence-electron chi connectivity index (χ0n) is 11.4. The molecule has 0 radical (unpaired) electrons. The summed E-state index contributed by atoms with van der Waals surface area (Å²) in [6.45, 7) is 0.492. The second-order valence-electron chi connectivity index (χ2n) is 4.78. The highest BCUT2D eigenvalue weighted by Crippen LogP contribution is 2.35. The van der Waals surface area contributed by atoms with Crippen molar-refractivity contribution in [1.29, 1.82) is 5.26 Å². The van der Waals surface area contributed by atoms with E-state index in [2.05, 4.69) is 16.4 Å². The van der Waals surface area contributed by atoms with Crippen LogP contribution in [0.3, 0.4) is 0 Å². The molecule has 1 aliphatic heterocycles. The first-order chi connectivity index (χ1) is 10.2. The van der Waals surface area contributed by atoms with Gasteiger partial charge in [0.25, 0.3) is 0 Å². The fourth-order valence-corrected chi connectivity index (χ4v) is 3.35. The van der Waals surface area contributed by atoms with Gasteiger partial charge in [0.15, 0.2) is 0 Å². The Labute approximate surface area is 126 Å². The highest BCUT2D eigenvalue weighted by atomic mass is 32.2. The first-order valence-electron chi connectivity index (χ1n) is 6.44. The molecule has 106 valence electrons. The molecule has 2 heterocycles. The summed E-state index contributed by atoms with van der Waals surface area (Å²) in [5.41, 5.74) is 2.31. The van der Waals surface area contributed by atoms with Crippen molar-refractivity contribution in [2.75, 3.05) is 12.8 Å². The van der Waals surface area contributed by atoms with E-state index in [1.54, 1.807) is 34.5 Å². The minimum atomic E-state index is -0.0718. The number of amides is 1. The number of nitriles is 1. The molecule has 0 aliphatic carbocycles. The summed E-state index contributed by atoms with van der Waals surface area (Å²) in [7, 11) is 1.77. The lowest BCUT2D eigenvalue weighted by atomic mass is 10.1. The molecule has 1 aliphatic rings. The topological polar surface area (TPSA) is 74.8 Å². The third-order valence-electron chi connectivity index (χ3n) is 3.39. The van der Waals surface area contributed by atoms with E-state index in [1.807, 2.05) is 24.4 Å². The fraction of sp³-hybridized carbons (Fsp3) is 0.286. The lowest BCUT2D eigenvalue weighted by Gasteiger charge is -2.15. The average Bonchev–Trinajstić information content (AvgIpc) is 3.08. The summed E-state index contributed by atoms with van der Waals surface area (Å²) >= 11 is 1.55. The number of rotatable bonds is 3. The van der Waals surface area contributed by atoms with Crippen molar-refractivity contribution >= 4 is 17.7 Å². The van der Waals surface area contributed by atoms with E-state index in [-0.39, 0.29) is 11.3 Å². The number of nitrogens with zero attached hydrogens (tertiary/aromatic N) is 5. The Hall–Kier alpha value is -2.33. The van der Waals surface area contributed by atoms with Crippen molar-refractivity contribution in [2.45, 2.75) is 11.9 Å². The van der Waals surface area contributed by atoms with Gasteiger partial charge >= 0.3 is 0 Å². The van der Waals surface area contributed by atoms with E-state index in [9.17, 15) is 4.79 Å². The zero-order chi connectivity index (χ0) is 14.8. The number of aromatic nitrogens is 3. The van der Waals surface area contributed by atoms with Crippen LogP contribution in [0.5, 0.6) is 0 Å². The van der Waals surface area contributed by atoms with E-state index in [4.69, 9.17) is 5.26 Å². The Morgan fingerprint density at radius 2 is 2.29 bits per heavy atom. The lowest BCUT2D eigenvalue weighted by molar-refractivity contribution is -0.126. The van der Waals surface area contributed by atoms with Gasteiger partial charge in [0.05, 0.1) is 30.1 Å². The summed E-state index contributed by atoms with van der Waals surface area (Å²) in [6, 6.07) is 9.59. The summed E-state index contributed by atoms with van der Waals surface area (Å²) < 4.78 is 1.70. The molecule has 0 bridgehead atoms. The zero-order valence-corrected chi connectivity index (χ0v) is 12.2. The number of thioether (sulfide) groups is 1. The number of carbonyl (C=O) groups is 1. The van der Waals surface area contributed by atoms with Crippen LogP contribution in [0.4, 0.5) is 0 Å². The van der Waals surface area contributed by atoms with Crippen LogP contribution < -0.4 is 0 Å². The van der Waals surface area contributed by atoms with Gasteiger partial charge in [-0.3, -0.25) is 4.79 Å². The number of benzene rings is 1. The molecule has 2 aromatic rings. The highest BCUT2D eigenvalue weighted by molar-refractivity contribution is 8.00. The maximum absolute atomic E-state index is 11.6.